The van der Waals surface area contributed by atoms with Crippen molar-refractivity contribution >= 4 is 21.6 Å². The lowest BCUT2D eigenvalue weighted by Gasteiger charge is -2.37. The van der Waals surface area contributed by atoms with E-state index in [1.165, 1.54) is 15.6 Å². The van der Waals surface area contributed by atoms with Gasteiger partial charge in [0.2, 0.25) is 15.9 Å². The van der Waals surface area contributed by atoms with Crippen LogP contribution in [0.3, 0.4) is 0 Å². The summed E-state index contributed by atoms with van der Waals surface area (Å²) in [5.41, 5.74) is 3.23. The maximum Gasteiger partial charge on any atom is 0.236 e. The van der Waals surface area contributed by atoms with Crippen LogP contribution in [0.25, 0.3) is 0 Å². The molecule has 0 aromatic heterocycles. The minimum Gasteiger partial charge on any atom is -0.382 e. The molecule has 0 radical (unpaired) electrons. The molecule has 2 aromatic carbocycles. The monoisotopic (exact) mass is 470 g/mol. The third-order valence-electron chi connectivity index (χ3n) is 6.63. The fourth-order valence-electron chi connectivity index (χ4n) is 4.57. The first-order valence-electron chi connectivity index (χ1n) is 11.7. The van der Waals surface area contributed by atoms with E-state index in [4.69, 9.17) is 0 Å². The molecule has 2 fully saturated rings. The summed E-state index contributed by atoms with van der Waals surface area (Å²) >= 11 is 0. The number of nitrogens with zero attached hydrogens (tertiary/aromatic N) is 3. The molecule has 2 aliphatic rings. The molecule has 0 unspecified atom stereocenters. The molecule has 2 aromatic rings. The Morgan fingerprint density at radius 1 is 0.909 bits per heavy atom. The number of hydrogen-bond acceptors (Lipinski definition) is 5. The number of para-hydroxylation sites is 1. The van der Waals surface area contributed by atoms with Gasteiger partial charge in [-0.05, 0) is 37.0 Å². The Labute approximate surface area is 197 Å². The van der Waals surface area contributed by atoms with Crippen molar-refractivity contribution in [3.05, 3.63) is 65.7 Å². The van der Waals surface area contributed by atoms with Crippen LogP contribution in [-0.4, -0.2) is 80.3 Å². The standard InChI is InChI=1S/C25H34N4O3S/c1-21-7-5-6-10-24(21)26-23-11-13-27(14-12-23)19-25(30)28-15-17-29(18-16-28)33(31,32)20-22-8-3-2-4-9-22/h2-10,23,26H,11-20H2,1H3. The molecule has 0 bridgehead atoms. The summed E-state index contributed by atoms with van der Waals surface area (Å²) in [6.45, 7) is 5.95. The lowest BCUT2D eigenvalue weighted by molar-refractivity contribution is -0.133. The highest BCUT2D eigenvalue weighted by molar-refractivity contribution is 7.88. The summed E-state index contributed by atoms with van der Waals surface area (Å²) in [5, 5.41) is 3.64. The van der Waals surface area contributed by atoms with E-state index < -0.39 is 10.0 Å². The fraction of sp³-hybridized carbons (Fsp3) is 0.480. The van der Waals surface area contributed by atoms with Crippen LogP contribution in [0.1, 0.15) is 24.0 Å². The number of piperidine rings is 1. The van der Waals surface area contributed by atoms with Gasteiger partial charge in [0.25, 0.3) is 0 Å². The Hall–Kier alpha value is -2.42. The van der Waals surface area contributed by atoms with Crippen LogP contribution in [0.15, 0.2) is 54.6 Å². The number of piperazine rings is 1. The lowest BCUT2D eigenvalue weighted by atomic mass is 10.0. The van der Waals surface area contributed by atoms with E-state index >= 15 is 0 Å². The Morgan fingerprint density at radius 2 is 1.55 bits per heavy atom. The van der Waals surface area contributed by atoms with Crippen LogP contribution in [0.2, 0.25) is 0 Å². The second-order valence-corrected chi connectivity index (χ2v) is 11.0. The molecular weight excluding hydrogens is 436 g/mol. The number of nitrogens with one attached hydrogen (secondary N) is 1. The molecule has 0 saturated carbocycles. The van der Waals surface area contributed by atoms with Crippen molar-refractivity contribution in [3.8, 4) is 0 Å². The van der Waals surface area contributed by atoms with Crippen LogP contribution < -0.4 is 5.32 Å². The van der Waals surface area contributed by atoms with Crippen molar-refractivity contribution in [3.63, 3.8) is 0 Å². The number of carbonyl (C=O) groups excluding carboxylic acids is 1. The first-order valence-corrected chi connectivity index (χ1v) is 13.4. The van der Waals surface area contributed by atoms with Crippen LogP contribution >= 0.6 is 0 Å². The molecule has 0 aliphatic carbocycles. The largest absolute Gasteiger partial charge is 0.382 e. The number of amides is 1. The average molecular weight is 471 g/mol. The van der Waals surface area contributed by atoms with E-state index in [9.17, 15) is 13.2 Å². The summed E-state index contributed by atoms with van der Waals surface area (Å²) in [4.78, 5) is 16.9. The van der Waals surface area contributed by atoms with Crippen molar-refractivity contribution in [2.24, 2.45) is 0 Å². The maximum atomic E-state index is 12.8. The molecule has 0 atom stereocenters. The Balaban J connectivity index is 1.20. The summed E-state index contributed by atoms with van der Waals surface area (Å²) in [6.07, 6.45) is 2.01. The van der Waals surface area contributed by atoms with Crippen molar-refractivity contribution < 1.29 is 13.2 Å². The molecule has 1 amide bonds. The molecule has 8 heteroatoms. The Bertz CT molecular complexity index is 1030. The third kappa shape index (κ3) is 6.34. The van der Waals surface area contributed by atoms with E-state index in [1.54, 1.807) is 0 Å². The topological polar surface area (TPSA) is 73.0 Å². The second-order valence-electron chi connectivity index (χ2n) is 9.03. The molecule has 2 heterocycles. The molecule has 7 nitrogen and oxygen atoms in total. The van der Waals surface area contributed by atoms with Crippen molar-refractivity contribution in [2.75, 3.05) is 51.1 Å². The Kier molecular flexibility index (Phi) is 7.67. The first kappa shape index (κ1) is 23.7. The van der Waals surface area contributed by atoms with Crippen LogP contribution in [0, 0.1) is 6.92 Å². The summed E-state index contributed by atoms with van der Waals surface area (Å²) < 4.78 is 27.0. The molecule has 2 saturated heterocycles. The fourth-order valence-corrected chi connectivity index (χ4v) is 6.09. The van der Waals surface area contributed by atoms with Gasteiger partial charge in [-0.25, -0.2) is 8.42 Å². The minimum absolute atomic E-state index is 0.00721. The quantitative estimate of drug-likeness (QED) is 0.673. The highest BCUT2D eigenvalue weighted by Gasteiger charge is 2.30. The first-order chi connectivity index (χ1) is 15.9. The zero-order chi connectivity index (χ0) is 23.3. The average Bonchev–Trinajstić information content (AvgIpc) is 2.82. The zero-order valence-corrected chi connectivity index (χ0v) is 20.1. The van der Waals surface area contributed by atoms with Gasteiger partial charge in [-0.2, -0.15) is 4.31 Å². The van der Waals surface area contributed by atoms with Gasteiger partial charge in [-0.1, -0.05) is 48.5 Å². The highest BCUT2D eigenvalue weighted by Crippen LogP contribution is 2.20. The normalized spacial score (nSPS) is 18.9. The summed E-state index contributed by atoms with van der Waals surface area (Å²) in [7, 11) is -3.37. The van der Waals surface area contributed by atoms with Crippen molar-refractivity contribution in [2.45, 2.75) is 31.6 Å². The molecule has 33 heavy (non-hydrogen) atoms. The van der Waals surface area contributed by atoms with Crippen LogP contribution in [0.5, 0.6) is 0 Å². The number of carbonyl (C=O) groups is 1. The molecule has 4 rings (SSSR count). The minimum atomic E-state index is -3.37. The predicted molar refractivity (Wildman–Crippen MR) is 131 cm³/mol. The lowest BCUT2D eigenvalue weighted by Crippen LogP contribution is -2.53. The predicted octanol–water partition coefficient (Wildman–Crippen LogP) is 2.55. The smallest absolute Gasteiger partial charge is 0.236 e. The number of hydrogen-bond donors (Lipinski definition) is 1. The molecule has 2 aliphatic heterocycles. The molecule has 1 N–H and O–H groups in total. The molecular formula is C25H34N4O3S. The van der Waals surface area contributed by atoms with Crippen molar-refractivity contribution in [1.82, 2.24) is 14.1 Å². The van der Waals surface area contributed by atoms with E-state index in [2.05, 4.69) is 35.3 Å². The van der Waals surface area contributed by atoms with Gasteiger partial charge in [0.1, 0.15) is 0 Å². The van der Waals surface area contributed by atoms with E-state index in [-0.39, 0.29) is 11.7 Å². The highest BCUT2D eigenvalue weighted by atomic mass is 32.2. The number of sulfonamides is 1. The van der Waals surface area contributed by atoms with Gasteiger partial charge in [-0.15, -0.1) is 0 Å². The van der Waals surface area contributed by atoms with Gasteiger partial charge in [0.05, 0.1) is 12.3 Å². The zero-order valence-electron chi connectivity index (χ0n) is 19.3. The van der Waals surface area contributed by atoms with Crippen LogP contribution in [-0.2, 0) is 20.6 Å². The van der Waals surface area contributed by atoms with Gasteiger partial charge >= 0.3 is 0 Å². The van der Waals surface area contributed by atoms with Crippen molar-refractivity contribution in [1.29, 1.82) is 0 Å². The summed E-state index contributed by atoms with van der Waals surface area (Å²) in [6, 6.07) is 18.0. The van der Waals surface area contributed by atoms with Gasteiger partial charge in [0.15, 0.2) is 0 Å². The van der Waals surface area contributed by atoms with E-state index in [0.717, 1.165) is 31.5 Å². The number of aryl methyl sites for hydroxylation is 1. The molecule has 178 valence electrons. The Morgan fingerprint density at radius 3 is 2.21 bits per heavy atom. The van der Waals surface area contributed by atoms with Crippen LogP contribution in [0.4, 0.5) is 5.69 Å². The SMILES string of the molecule is Cc1ccccc1NC1CCN(CC(=O)N2CCN(S(=O)(=O)Cc3ccccc3)CC2)CC1. The third-order valence-corrected chi connectivity index (χ3v) is 8.48. The number of likely N-dealkylation sites (tertiary alicyclic amines) is 1. The number of rotatable bonds is 7. The van der Waals surface area contributed by atoms with E-state index in [0.29, 0.717) is 38.8 Å². The number of anilines is 1. The number of benzene rings is 2. The van der Waals surface area contributed by atoms with Gasteiger partial charge in [-0.3, -0.25) is 9.69 Å². The second kappa shape index (κ2) is 10.7. The van der Waals surface area contributed by atoms with Gasteiger partial charge < -0.3 is 10.2 Å². The molecule has 0 spiro atoms. The summed E-state index contributed by atoms with van der Waals surface area (Å²) in [5.74, 6) is 0.105. The maximum absolute atomic E-state index is 12.8. The van der Waals surface area contributed by atoms with Gasteiger partial charge in [0, 0.05) is 51.0 Å². The van der Waals surface area contributed by atoms with E-state index in [1.807, 2.05) is 41.3 Å².